The molecular weight excluding hydrogens is 178 g/mol. The summed E-state index contributed by atoms with van der Waals surface area (Å²) >= 11 is 0. The average Bonchev–Trinajstić information content (AvgIpc) is 2.71. The van der Waals surface area contributed by atoms with Crippen LogP contribution in [0.25, 0.3) is 0 Å². The molecule has 0 spiro atoms. The second-order valence-corrected chi connectivity index (χ2v) is 4.13. The van der Waals surface area contributed by atoms with Gasteiger partial charge in [-0.15, -0.1) is 0 Å². The maximum Gasteiger partial charge on any atom is 0.0443 e. The zero-order chi connectivity index (χ0) is 10.2. The summed E-state index contributed by atoms with van der Waals surface area (Å²) in [5.74, 6) is 0. The third-order valence-corrected chi connectivity index (χ3v) is 3.05. The molecule has 0 saturated heterocycles. The van der Waals surface area contributed by atoms with Gasteiger partial charge in [0, 0.05) is 32.3 Å². The van der Waals surface area contributed by atoms with Gasteiger partial charge in [-0.1, -0.05) is 12.8 Å². The summed E-state index contributed by atoms with van der Waals surface area (Å²) in [7, 11) is 0. The lowest BCUT2D eigenvalue weighted by Crippen LogP contribution is -2.35. The number of aliphatic hydroxyl groups is 2. The van der Waals surface area contributed by atoms with E-state index in [0.29, 0.717) is 6.04 Å². The Balaban J connectivity index is 2.26. The second-order valence-electron chi connectivity index (χ2n) is 4.13. The fourth-order valence-corrected chi connectivity index (χ4v) is 2.29. The zero-order valence-corrected chi connectivity index (χ0v) is 8.99. The van der Waals surface area contributed by atoms with Gasteiger partial charge in [-0.25, -0.2) is 0 Å². The minimum Gasteiger partial charge on any atom is -0.396 e. The maximum atomic E-state index is 8.81. The van der Waals surface area contributed by atoms with E-state index >= 15 is 0 Å². The van der Waals surface area contributed by atoms with Crippen LogP contribution in [0.2, 0.25) is 0 Å². The molecule has 3 heteroatoms. The molecule has 3 nitrogen and oxygen atoms in total. The number of aliphatic hydroxyl groups excluding tert-OH is 2. The monoisotopic (exact) mass is 201 g/mol. The fourth-order valence-electron chi connectivity index (χ4n) is 2.29. The van der Waals surface area contributed by atoms with E-state index in [-0.39, 0.29) is 13.2 Å². The lowest BCUT2D eigenvalue weighted by molar-refractivity contribution is 0.159. The highest BCUT2D eigenvalue weighted by atomic mass is 16.3. The van der Waals surface area contributed by atoms with Crippen molar-refractivity contribution in [1.29, 1.82) is 0 Å². The molecule has 0 aromatic rings. The summed E-state index contributed by atoms with van der Waals surface area (Å²) in [6.45, 7) is 2.53. The second kappa shape index (κ2) is 7.21. The quantitative estimate of drug-likeness (QED) is 0.646. The van der Waals surface area contributed by atoms with Crippen LogP contribution in [0, 0.1) is 0 Å². The van der Waals surface area contributed by atoms with Gasteiger partial charge in [0.1, 0.15) is 0 Å². The molecule has 2 N–H and O–H groups in total. The molecule has 0 unspecified atom stereocenters. The van der Waals surface area contributed by atoms with Crippen molar-refractivity contribution in [2.45, 2.75) is 44.6 Å². The van der Waals surface area contributed by atoms with Crippen molar-refractivity contribution in [3.05, 3.63) is 0 Å². The molecule has 0 heterocycles. The number of rotatable bonds is 7. The van der Waals surface area contributed by atoms with Crippen molar-refractivity contribution >= 4 is 0 Å². The molecule has 1 rings (SSSR count). The highest BCUT2D eigenvalue weighted by molar-refractivity contribution is 4.77. The lowest BCUT2D eigenvalue weighted by Gasteiger charge is -2.28. The van der Waals surface area contributed by atoms with Crippen LogP contribution in [0.1, 0.15) is 38.5 Å². The van der Waals surface area contributed by atoms with Crippen LogP contribution in [0.15, 0.2) is 0 Å². The highest BCUT2D eigenvalue weighted by Crippen LogP contribution is 2.23. The first-order valence-electron chi connectivity index (χ1n) is 5.84. The SMILES string of the molecule is OCCCN(CCCO)C1CCCC1. The average molecular weight is 201 g/mol. The van der Waals surface area contributed by atoms with E-state index in [1.165, 1.54) is 25.7 Å². The minimum atomic E-state index is 0.280. The molecule has 1 fully saturated rings. The van der Waals surface area contributed by atoms with Gasteiger partial charge in [0.15, 0.2) is 0 Å². The Kier molecular flexibility index (Phi) is 6.15. The van der Waals surface area contributed by atoms with E-state index in [0.717, 1.165) is 25.9 Å². The summed E-state index contributed by atoms with van der Waals surface area (Å²) in [6.07, 6.45) is 7.02. The summed E-state index contributed by atoms with van der Waals surface area (Å²) in [4.78, 5) is 2.44. The van der Waals surface area contributed by atoms with Crippen LogP contribution in [-0.2, 0) is 0 Å². The van der Waals surface area contributed by atoms with Gasteiger partial charge in [0.2, 0.25) is 0 Å². The molecule has 14 heavy (non-hydrogen) atoms. The standard InChI is InChI=1S/C11H23NO2/c13-9-3-7-12(8-4-10-14)11-5-1-2-6-11/h11,13-14H,1-10H2. The minimum absolute atomic E-state index is 0.280. The number of nitrogens with zero attached hydrogens (tertiary/aromatic N) is 1. The van der Waals surface area contributed by atoms with Crippen molar-refractivity contribution in [1.82, 2.24) is 4.90 Å². The Labute approximate surface area is 86.7 Å². The van der Waals surface area contributed by atoms with E-state index in [4.69, 9.17) is 10.2 Å². The summed E-state index contributed by atoms with van der Waals surface area (Å²) < 4.78 is 0. The van der Waals surface area contributed by atoms with Crippen molar-refractivity contribution in [3.63, 3.8) is 0 Å². The van der Waals surface area contributed by atoms with Crippen molar-refractivity contribution in [3.8, 4) is 0 Å². The number of hydrogen-bond acceptors (Lipinski definition) is 3. The van der Waals surface area contributed by atoms with Gasteiger partial charge < -0.3 is 15.1 Å². The normalized spacial score (nSPS) is 18.2. The Morgan fingerprint density at radius 3 is 1.86 bits per heavy atom. The summed E-state index contributed by atoms with van der Waals surface area (Å²) in [6, 6.07) is 0.716. The van der Waals surface area contributed by atoms with E-state index < -0.39 is 0 Å². The van der Waals surface area contributed by atoms with E-state index in [9.17, 15) is 0 Å². The third kappa shape index (κ3) is 3.95. The summed E-state index contributed by atoms with van der Waals surface area (Å²) in [5, 5.41) is 17.6. The first kappa shape index (κ1) is 12.0. The maximum absolute atomic E-state index is 8.81. The van der Waals surface area contributed by atoms with Gasteiger partial charge in [0.25, 0.3) is 0 Å². The predicted molar refractivity (Wildman–Crippen MR) is 57.2 cm³/mol. The zero-order valence-electron chi connectivity index (χ0n) is 8.99. The van der Waals surface area contributed by atoms with Crippen molar-refractivity contribution in [2.75, 3.05) is 26.3 Å². The van der Waals surface area contributed by atoms with Crippen LogP contribution in [0.5, 0.6) is 0 Å². The van der Waals surface area contributed by atoms with Crippen molar-refractivity contribution in [2.24, 2.45) is 0 Å². The first-order valence-corrected chi connectivity index (χ1v) is 5.84. The number of hydrogen-bond donors (Lipinski definition) is 2. The smallest absolute Gasteiger partial charge is 0.0443 e. The van der Waals surface area contributed by atoms with E-state index in [1.54, 1.807) is 0 Å². The van der Waals surface area contributed by atoms with Gasteiger partial charge in [0.05, 0.1) is 0 Å². The topological polar surface area (TPSA) is 43.7 Å². The Bertz CT molecular complexity index is 127. The molecule has 0 amide bonds. The molecule has 84 valence electrons. The van der Waals surface area contributed by atoms with Crippen molar-refractivity contribution < 1.29 is 10.2 Å². The van der Waals surface area contributed by atoms with Crippen LogP contribution in [-0.4, -0.2) is 47.5 Å². The van der Waals surface area contributed by atoms with Crippen LogP contribution in [0.3, 0.4) is 0 Å². The molecule has 1 saturated carbocycles. The largest absolute Gasteiger partial charge is 0.396 e. The molecule has 0 atom stereocenters. The van der Waals surface area contributed by atoms with E-state index in [2.05, 4.69) is 4.90 Å². The Hall–Kier alpha value is -0.120. The Morgan fingerprint density at radius 2 is 1.43 bits per heavy atom. The summed E-state index contributed by atoms with van der Waals surface area (Å²) in [5.41, 5.74) is 0. The Morgan fingerprint density at radius 1 is 0.929 bits per heavy atom. The predicted octanol–water partition coefficient (Wildman–Crippen LogP) is 0.996. The molecule has 1 aliphatic rings. The third-order valence-electron chi connectivity index (χ3n) is 3.05. The molecular formula is C11H23NO2. The fraction of sp³-hybridized carbons (Fsp3) is 1.00. The van der Waals surface area contributed by atoms with Crippen LogP contribution >= 0.6 is 0 Å². The first-order chi connectivity index (χ1) is 6.88. The molecule has 0 aromatic carbocycles. The van der Waals surface area contributed by atoms with Crippen LogP contribution < -0.4 is 0 Å². The van der Waals surface area contributed by atoms with Gasteiger partial charge in [-0.05, 0) is 25.7 Å². The molecule has 0 aromatic heterocycles. The van der Waals surface area contributed by atoms with E-state index in [1.807, 2.05) is 0 Å². The van der Waals surface area contributed by atoms with Crippen LogP contribution in [0.4, 0.5) is 0 Å². The van der Waals surface area contributed by atoms with Gasteiger partial charge >= 0.3 is 0 Å². The molecule has 0 bridgehead atoms. The van der Waals surface area contributed by atoms with Gasteiger partial charge in [-0.3, -0.25) is 0 Å². The lowest BCUT2D eigenvalue weighted by atomic mass is 10.2. The highest BCUT2D eigenvalue weighted by Gasteiger charge is 2.21. The molecule has 0 aliphatic heterocycles. The molecule has 1 aliphatic carbocycles. The molecule has 0 radical (unpaired) electrons. The van der Waals surface area contributed by atoms with Gasteiger partial charge in [-0.2, -0.15) is 0 Å².